The first-order valence-corrected chi connectivity index (χ1v) is 8.56. The van der Waals surface area contributed by atoms with Crippen molar-refractivity contribution in [2.24, 2.45) is 10.9 Å². The Hall–Kier alpha value is -2.61. The maximum atomic E-state index is 9.04. The lowest BCUT2D eigenvalue weighted by molar-refractivity contribution is 0.663. The van der Waals surface area contributed by atoms with Crippen LogP contribution in [0.2, 0.25) is 0 Å². The lowest BCUT2D eigenvalue weighted by atomic mass is 9.92. The van der Waals surface area contributed by atoms with E-state index in [-0.39, 0.29) is 0 Å². The minimum absolute atomic E-state index is 0.436. The zero-order chi connectivity index (χ0) is 16.9. The summed E-state index contributed by atoms with van der Waals surface area (Å²) in [5.74, 6) is 0.945. The van der Waals surface area contributed by atoms with Crippen LogP contribution in [0.25, 0.3) is 10.9 Å². The molecule has 1 aliphatic carbocycles. The van der Waals surface area contributed by atoms with Gasteiger partial charge in [-0.3, -0.25) is 15.3 Å². The van der Waals surface area contributed by atoms with Crippen molar-refractivity contribution in [1.82, 2.24) is 10.3 Å². The number of guanidine groups is 1. The van der Waals surface area contributed by atoms with Crippen molar-refractivity contribution >= 4 is 22.5 Å². The first-order valence-electron chi connectivity index (χ1n) is 8.56. The van der Waals surface area contributed by atoms with Crippen molar-refractivity contribution in [3.63, 3.8) is 0 Å². The molecule has 124 valence electrons. The molecular weight excluding hydrogens is 298 g/mol. The number of pyridine rings is 1. The van der Waals surface area contributed by atoms with Crippen LogP contribution in [0.4, 0.5) is 5.69 Å². The number of benzene rings is 1. The van der Waals surface area contributed by atoms with Gasteiger partial charge in [0.2, 0.25) is 5.96 Å². The molecule has 3 rings (SSSR count). The Bertz CT molecular complexity index is 801. The number of anilines is 1. The lowest BCUT2D eigenvalue weighted by Crippen LogP contribution is -2.28. The summed E-state index contributed by atoms with van der Waals surface area (Å²) in [5, 5.41) is 16.2. The third-order valence-corrected chi connectivity index (χ3v) is 4.20. The molecule has 0 saturated heterocycles. The average Bonchev–Trinajstić information content (AvgIpc) is 2.59. The van der Waals surface area contributed by atoms with Gasteiger partial charge in [-0.15, -0.1) is 0 Å². The first kappa shape index (κ1) is 16.3. The van der Waals surface area contributed by atoms with E-state index in [2.05, 4.69) is 35.5 Å². The number of hydrogen-bond donors (Lipinski definition) is 2. The van der Waals surface area contributed by atoms with Crippen molar-refractivity contribution in [2.45, 2.75) is 39.5 Å². The number of rotatable bonds is 3. The lowest BCUT2D eigenvalue weighted by Gasteiger charge is -2.22. The molecule has 5 heteroatoms. The van der Waals surface area contributed by atoms with Gasteiger partial charge in [0, 0.05) is 17.6 Å². The van der Waals surface area contributed by atoms with Gasteiger partial charge in [0.25, 0.3) is 0 Å². The van der Waals surface area contributed by atoms with Gasteiger partial charge < -0.3 is 5.32 Å². The third-order valence-electron chi connectivity index (χ3n) is 4.20. The van der Waals surface area contributed by atoms with Gasteiger partial charge in [-0.1, -0.05) is 32.0 Å². The number of nitrogens with zero attached hydrogens (tertiary/aromatic N) is 3. The fourth-order valence-corrected chi connectivity index (χ4v) is 3.07. The minimum Gasteiger partial charge on any atom is -0.325 e. The Morgan fingerprint density at radius 1 is 1.29 bits per heavy atom. The maximum absolute atomic E-state index is 9.04. The van der Waals surface area contributed by atoms with Crippen LogP contribution in [0.1, 0.15) is 37.9 Å². The van der Waals surface area contributed by atoms with E-state index in [4.69, 9.17) is 10.2 Å². The number of aromatic nitrogens is 1. The topological polar surface area (TPSA) is 73.1 Å². The largest absolute Gasteiger partial charge is 0.325 e. The molecule has 0 unspecified atom stereocenters. The number of hydrogen-bond acceptors (Lipinski definition) is 3. The average molecular weight is 321 g/mol. The van der Waals surface area contributed by atoms with E-state index in [1.807, 2.05) is 24.4 Å². The molecule has 0 amide bonds. The Kier molecular flexibility index (Phi) is 4.95. The Balaban J connectivity index is 2.06. The standard InChI is InChI=1S/C19H23N5/c1-13(2)11-21-19(22-12-20)24-18-14-7-3-5-9-16(14)23-17-10-6-4-8-15(17)18/h3,5,7,9,13H,4,6,8,10-11H2,1-2H3,(H2,21,22,23,24). The highest BCUT2D eigenvalue weighted by Crippen LogP contribution is 2.33. The van der Waals surface area contributed by atoms with Crippen molar-refractivity contribution in [3.05, 3.63) is 35.5 Å². The predicted octanol–water partition coefficient (Wildman–Crippen LogP) is 3.61. The van der Waals surface area contributed by atoms with E-state index in [1.165, 1.54) is 24.1 Å². The number of para-hydroxylation sites is 1. The smallest absolute Gasteiger partial charge is 0.209 e. The Labute approximate surface area is 142 Å². The van der Waals surface area contributed by atoms with Gasteiger partial charge in [-0.2, -0.15) is 5.26 Å². The van der Waals surface area contributed by atoms with E-state index < -0.39 is 0 Å². The monoisotopic (exact) mass is 321 g/mol. The second-order valence-electron chi connectivity index (χ2n) is 6.58. The van der Waals surface area contributed by atoms with Crippen molar-refractivity contribution < 1.29 is 0 Å². The van der Waals surface area contributed by atoms with Crippen LogP contribution >= 0.6 is 0 Å². The molecule has 1 heterocycles. The predicted molar refractivity (Wildman–Crippen MR) is 97.9 cm³/mol. The summed E-state index contributed by atoms with van der Waals surface area (Å²) in [6.45, 7) is 4.89. The molecule has 0 fully saturated rings. The fourth-order valence-electron chi connectivity index (χ4n) is 3.07. The summed E-state index contributed by atoms with van der Waals surface area (Å²) in [4.78, 5) is 9.35. The second-order valence-corrected chi connectivity index (χ2v) is 6.58. The maximum Gasteiger partial charge on any atom is 0.209 e. The molecule has 0 spiro atoms. The number of aryl methyl sites for hydroxylation is 1. The summed E-state index contributed by atoms with van der Waals surface area (Å²) in [6.07, 6.45) is 6.36. The molecular formula is C19H23N5. The molecule has 24 heavy (non-hydrogen) atoms. The molecule has 0 bridgehead atoms. The summed E-state index contributed by atoms with van der Waals surface area (Å²) in [5.41, 5.74) is 4.46. The van der Waals surface area contributed by atoms with Crippen LogP contribution in [-0.4, -0.2) is 17.5 Å². The highest BCUT2D eigenvalue weighted by atomic mass is 15.2. The van der Waals surface area contributed by atoms with E-state index in [9.17, 15) is 0 Å². The minimum atomic E-state index is 0.436. The summed E-state index contributed by atoms with van der Waals surface area (Å²) < 4.78 is 0. The molecule has 1 aromatic carbocycles. The van der Waals surface area contributed by atoms with Gasteiger partial charge in [0.1, 0.15) is 0 Å². The summed E-state index contributed by atoms with van der Waals surface area (Å²) in [7, 11) is 0. The normalized spacial score (nSPS) is 14.3. The van der Waals surface area contributed by atoms with Crippen LogP contribution < -0.4 is 10.6 Å². The van der Waals surface area contributed by atoms with Crippen molar-refractivity contribution in [3.8, 4) is 6.19 Å². The highest BCUT2D eigenvalue weighted by Gasteiger charge is 2.19. The quantitative estimate of drug-likeness (QED) is 0.392. The van der Waals surface area contributed by atoms with E-state index in [1.54, 1.807) is 0 Å². The zero-order valence-corrected chi connectivity index (χ0v) is 14.3. The molecule has 1 aliphatic rings. The van der Waals surface area contributed by atoms with Crippen molar-refractivity contribution in [2.75, 3.05) is 11.9 Å². The number of aliphatic imine (C=N–C) groups is 1. The molecule has 1 aromatic heterocycles. The van der Waals surface area contributed by atoms with Gasteiger partial charge in [0.15, 0.2) is 6.19 Å². The Morgan fingerprint density at radius 2 is 2.08 bits per heavy atom. The SMILES string of the molecule is CC(C)CN=C(NC#N)Nc1c2c(nc3ccccc13)CCCC2. The zero-order valence-electron chi connectivity index (χ0n) is 14.3. The molecule has 0 radical (unpaired) electrons. The van der Waals surface area contributed by atoms with Gasteiger partial charge in [-0.25, -0.2) is 0 Å². The fraction of sp³-hybridized carbons (Fsp3) is 0.421. The summed E-state index contributed by atoms with van der Waals surface area (Å²) >= 11 is 0. The molecule has 0 aliphatic heterocycles. The summed E-state index contributed by atoms with van der Waals surface area (Å²) in [6, 6.07) is 8.15. The van der Waals surface area contributed by atoms with Crippen LogP contribution in [-0.2, 0) is 12.8 Å². The van der Waals surface area contributed by atoms with Gasteiger partial charge in [-0.05, 0) is 43.2 Å². The van der Waals surface area contributed by atoms with Gasteiger partial charge >= 0.3 is 0 Å². The van der Waals surface area contributed by atoms with E-state index in [0.717, 1.165) is 29.4 Å². The number of nitrogens with one attached hydrogen (secondary N) is 2. The molecule has 0 saturated carbocycles. The third kappa shape index (κ3) is 3.48. The molecule has 2 N–H and O–H groups in total. The Morgan fingerprint density at radius 3 is 2.88 bits per heavy atom. The van der Waals surface area contributed by atoms with Crippen LogP contribution in [0.3, 0.4) is 0 Å². The van der Waals surface area contributed by atoms with Crippen LogP contribution in [0, 0.1) is 17.4 Å². The number of fused-ring (bicyclic) bond motifs is 2. The van der Waals surface area contributed by atoms with Crippen molar-refractivity contribution in [1.29, 1.82) is 5.26 Å². The first-order chi connectivity index (χ1) is 11.7. The van der Waals surface area contributed by atoms with E-state index >= 15 is 0 Å². The molecule has 2 aromatic rings. The molecule has 5 nitrogen and oxygen atoms in total. The van der Waals surface area contributed by atoms with Crippen LogP contribution in [0.15, 0.2) is 29.3 Å². The molecule has 0 atom stereocenters. The van der Waals surface area contributed by atoms with Crippen LogP contribution in [0.5, 0.6) is 0 Å². The number of nitriles is 1. The second kappa shape index (κ2) is 7.31. The highest BCUT2D eigenvalue weighted by molar-refractivity contribution is 6.04. The van der Waals surface area contributed by atoms with Gasteiger partial charge in [0.05, 0.1) is 11.2 Å². The van der Waals surface area contributed by atoms with E-state index in [0.29, 0.717) is 18.4 Å².